The third-order valence-corrected chi connectivity index (χ3v) is 4.23. The molecule has 5 rings (SSSR count). The molecule has 0 spiro atoms. The molecule has 3 heterocycles. The Morgan fingerprint density at radius 1 is 1.00 bits per heavy atom. The molecule has 0 unspecified atom stereocenters. The molecule has 0 aliphatic carbocycles. The average Bonchev–Trinajstić information content (AvgIpc) is 3.36. The number of imidazole rings is 2. The van der Waals surface area contributed by atoms with Gasteiger partial charge in [-0.1, -0.05) is 37.3 Å². The van der Waals surface area contributed by atoms with E-state index in [1.807, 2.05) is 83.4 Å². The van der Waals surface area contributed by atoms with E-state index in [9.17, 15) is 0 Å². The van der Waals surface area contributed by atoms with E-state index in [0.29, 0.717) is 5.82 Å². The Labute approximate surface area is 183 Å². The summed E-state index contributed by atoms with van der Waals surface area (Å²) in [5.41, 5.74) is 4.96. The van der Waals surface area contributed by atoms with Gasteiger partial charge in [0.05, 0.1) is 5.69 Å². The number of benzene rings is 2. The molecular formula is C23H20IrN5-. The summed E-state index contributed by atoms with van der Waals surface area (Å²) in [4.78, 5) is 13.0. The predicted molar refractivity (Wildman–Crippen MR) is 111 cm³/mol. The van der Waals surface area contributed by atoms with Crippen LogP contribution in [0.15, 0.2) is 85.6 Å². The van der Waals surface area contributed by atoms with Gasteiger partial charge in [-0.15, -0.1) is 12.1 Å². The summed E-state index contributed by atoms with van der Waals surface area (Å²) >= 11 is 0. The summed E-state index contributed by atoms with van der Waals surface area (Å²) in [6.45, 7) is 2.07. The van der Waals surface area contributed by atoms with Crippen LogP contribution >= 0.6 is 0 Å². The Morgan fingerprint density at radius 3 is 2.48 bits per heavy atom. The van der Waals surface area contributed by atoms with E-state index in [2.05, 4.69) is 40.1 Å². The van der Waals surface area contributed by atoms with E-state index in [1.165, 1.54) is 5.56 Å². The minimum Gasteiger partial charge on any atom is -0.434 e. The molecule has 147 valence electrons. The van der Waals surface area contributed by atoms with Crippen LogP contribution in [0, 0.1) is 13.0 Å². The maximum Gasteiger partial charge on any atom is 0.163 e. The van der Waals surface area contributed by atoms with Gasteiger partial charge in [0.15, 0.2) is 6.33 Å². The smallest absolute Gasteiger partial charge is 0.163 e. The number of para-hydroxylation sites is 2. The molecule has 2 aromatic carbocycles. The summed E-state index contributed by atoms with van der Waals surface area (Å²) in [5.74, 6) is 0.691. The maximum absolute atomic E-state index is 4.41. The summed E-state index contributed by atoms with van der Waals surface area (Å²) in [6.07, 6.45) is 7.78. The third-order valence-electron chi connectivity index (χ3n) is 4.23. The Kier molecular flexibility index (Phi) is 6.70. The van der Waals surface area contributed by atoms with Crippen molar-refractivity contribution in [2.75, 3.05) is 0 Å². The second kappa shape index (κ2) is 9.41. The van der Waals surface area contributed by atoms with Gasteiger partial charge in [0, 0.05) is 39.0 Å². The summed E-state index contributed by atoms with van der Waals surface area (Å²) < 4.78 is 4.05. The van der Waals surface area contributed by atoms with Crippen molar-refractivity contribution in [2.24, 2.45) is 7.05 Å². The molecule has 5 aromatic rings. The summed E-state index contributed by atoms with van der Waals surface area (Å²) in [5, 5.41) is 0. The molecule has 0 N–H and O–H groups in total. The van der Waals surface area contributed by atoms with E-state index in [4.69, 9.17) is 0 Å². The van der Waals surface area contributed by atoms with Gasteiger partial charge in [-0.3, -0.25) is 9.55 Å². The van der Waals surface area contributed by atoms with Gasteiger partial charge < -0.3 is 9.97 Å². The SMILES string of the molecule is Cc1c[c-]c(-n2ccn(C)[cH+]2)cc1.[Ir].c1ccc(-c2nc3ccccc3[n-]2)nc1. The fourth-order valence-corrected chi connectivity index (χ4v) is 2.76. The van der Waals surface area contributed by atoms with Crippen LogP contribution < -0.4 is 4.98 Å². The molecule has 0 saturated carbocycles. The number of rotatable bonds is 2. The van der Waals surface area contributed by atoms with Crippen molar-refractivity contribution in [1.82, 2.24) is 24.1 Å². The number of hydrogen-bond acceptors (Lipinski definition) is 2. The molecule has 0 atom stereocenters. The van der Waals surface area contributed by atoms with Gasteiger partial charge in [-0.05, 0) is 29.0 Å². The van der Waals surface area contributed by atoms with Gasteiger partial charge >= 0.3 is 0 Å². The second-order valence-corrected chi connectivity index (χ2v) is 6.49. The van der Waals surface area contributed by atoms with Crippen molar-refractivity contribution < 1.29 is 20.1 Å². The summed E-state index contributed by atoms with van der Waals surface area (Å²) in [6, 6.07) is 22.9. The molecule has 0 amide bonds. The van der Waals surface area contributed by atoms with Crippen molar-refractivity contribution in [3.63, 3.8) is 0 Å². The van der Waals surface area contributed by atoms with E-state index < -0.39 is 0 Å². The number of nitrogens with zero attached hydrogens (tertiary/aromatic N) is 5. The largest absolute Gasteiger partial charge is 0.434 e. The van der Waals surface area contributed by atoms with Crippen molar-refractivity contribution in [2.45, 2.75) is 6.92 Å². The molecule has 0 aliphatic heterocycles. The topological polar surface area (TPSA) is 49.7 Å². The van der Waals surface area contributed by atoms with E-state index in [1.54, 1.807) is 6.20 Å². The predicted octanol–water partition coefficient (Wildman–Crippen LogP) is 4.46. The van der Waals surface area contributed by atoms with Gasteiger partial charge in [0.2, 0.25) is 0 Å². The number of aryl methyl sites for hydroxylation is 2. The first-order valence-electron chi connectivity index (χ1n) is 9.02. The molecule has 0 saturated heterocycles. The number of aromatic nitrogens is 5. The Bertz CT molecular complexity index is 1140. The van der Waals surface area contributed by atoms with Gasteiger partial charge in [-0.25, -0.2) is 4.57 Å². The normalized spacial score (nSPS) is 10.1. The number of hydrogen-bond donors (Lipinski definition) is 0. The van der Waals surface area contributed by atoms with Crippen LogP contribution in [0.5, 0.6) is 0 Å². The second-order valence-electron chi connectivity index (χ2n) is 6.49. The minimum atomic E-state index is 0. The van der Waals surface area contributed by atoms with Crippen molar-refractivity contribution >= 4 is 11.0 Å². The minimum absolute atomic E-state index is 0. The Hall–Kier alpha value is -3.08. The molecule has 5 nitrogen and oxygen atoms in total. The first-order chi connectivity index (χ1) is 13.7. The Balaban J connectivity index is 0.000000162. The van der Waals surface area contributed by atoms with Gasteiger partial charge in [0.1, 0.15) is 12.4 Å². The van der Waals surface area contributed by atoms with E-state index >= 15 is 0 Å². The van der Waals surface area contributed by atoms with Gasteiger partial charge in [-0.2, -0.15) is 17.7 Å². The third kappa shape index (κ3) is 5.05. The molecule has 6 heteroatoms. The molecule has 29 heavy (non-hydrogen) atoms. The molecule has 0 bridgehead atoms. The fraction of sp³-hybridized carbons (Fsp3) is 0.0870. The fourth-order valence-electron chi connectivity index (χ4n) is 2.76. The monoisotopic (exact) mass is 559 g/mol. The molecule has 1 radical (unpaired) electrons. The average molecular weight is 559 g/mol. The van der Waals surface area contributed by atoms with Crippen LogP contribution in [0.4, 0.5) is 0 Å². The molecule has 0 aliphatic rings. The standard InChI is InChI=1S/C12H8N3.C11H12N2.Ir/c1-2-6-10-9(5-1)14-12(15-10)11-7-3-4-8-13-11;1-10-3-5-11(6-4-10)13-8-7-12(2)9-13;/h1-8H;3-5,7-9H,1-2H3;/q-1;;. The maximum atomic E-state index is 4.41. The van der Waals surface area contributed by atoms with Crippen LogP contribution in [0.3, 0.4) is 0 Å². The molecule has 0 fully saturated rings. The van der Waals surface area contributed by atoms with Crippen LogP contribution in [0.25, 0.3) is 28.2 Å². The molecular weight excluding hydrogens is 539 g/mol. The van der Waals surface area contributed by atoms with Crippen molar-refractivity contribution in [3.05, 3.63) is 97.2 Å². The first kappa shape index (κ1) is 20.6. The zero-order chi connectivity index (χ0) is 19.3. The Morgan fingerprint density at radius 2 is 1.83 bits per heavy atom. The number of pyridine rings is 1. The van der Waals surface area contributed by atoms with Crippen LogP contribution in [-0.4, -0.2) is 19.1 Å². The quantitative estimate of drug-likeness (QED) is 0.301. The summed E-state index contributed by atoms with van der Waals surface area (Å²) in [7, 11) is 2.00. The van der Waals surface area contributed by atoms with Crippen LogP contribution in [0.1, 0.15) is 5.56 Å². The zero-order valence-corrected chi connectivity index (χ0v) is 18.5. The van der Waals surface area contributed by atoms with Crippen molar-refractivity contribution in [1.29, 1.82) is 0 Å². The zero-order valence-electron chi connectivity index (χ0n) is 16.2. The number of fused-ring (bicyclic) bond motifs is 1. The van der Waals surface area contributed by atoms with Crippen molar-refractivity contribution in [3.8, 4) is 17.2 Å². The van der Waals surface area contributed by atoms with Gasteiger partial charge in [0.25, 0.3) is 0 Å². The molecule has 3 aromatic heterocycles. The van der Waals surface area contributed by atoms with Crippen LogP contribution in [0.2, 0.25) is 0 Å². The van der Waals surface area contributed by atoms with E-state index in [-0.39, 0.29) is 20.1 Å². The van der Waals surface area contributed by atoms with E-state index in [0.717, 1.165) is 22.4 Å². The first-order valence-corrected chi connectivity index (χ1v) is 9.02. The van der Waals surface area contributed by atoms with Crippen LogP contribution in [-0.2, 0) is 27.2 Å².